The average molecular weight is 138 g/mol. The van der Waals surface area contributed by atoms with Gasteiger partial charge >= 0.3 is 0 Å². The normalized spacial score (nSPS) is 21.3. The second-order valence-corrected chi connectivity index (χ2v) is 2.58. The van der Waals surface area contributed by atoms with Crippen molar-refractivity contribution in [2.45, 2.75) is 0 Å². The first-order valence-electron chi connectivity index (χ1n) is 2.71. The molecule has 0 aromatic carbocycles. The molecule has 3 heteroatoms. The first kappa shape index (κ1) is 4.99. The summed E-state index contributed by atoms with van der Waals surface area (Å²) in [5.74, 6) is 0. The minimum Gasteiger partial charge on any atom is -0.302 e. The molecule has 0 spiro atoms. The van der Waals surface area contributed by atoms with Crippen molar-refractivity contribution in [2.24, 2.45) is 0 Å². The molecule has 2 rings (SSSR count). The Morgan fingerprint density at radius 2 is 2.56 bits per heavy atom. The predicted molar refractivity (Wildman–Crippen MR) is 38.9 cm³/mol. The van der Waals surface area contributed by atoms with E-state index in [1.807, 2.05) is 28.9 Å². The van der Waals surface area contributed by atoms with Gasteiger partial charge in [-0.1, -0.05) is 0 Å². The summed E-state index contributed by atoms with van der Waals surface area (Å²) in [4.78, 5) is 0. The molecule has 0 saturated carbocycles. The number of nitrogens with one attached hydrogen (secondary N) is 1. The van der Waals surface area contributed by atoms with Crippen molar-refractivity contribution in [3.05, 3.63) is 35.0 Å². The first-order chi connectivity index (χ1) is 4.47. The maximum absolute atomic E-state index is 3.04. The summed E-state index contributed by atoms with van der Waals surface area (Å²) < 4.78 is 0. The monoisotopic (exact) mass is 138 g/mol. The van der Waals surface area contributed by atoms with Crippen LogP contribution in [0.1, 0.15) is 0 Å². The third kappa shape index (κ3) is 0.733. The fourth-order valence-corrected chi connectivity index (χ4v) is 1.39. The quantitative estimate of drug-likeness (QED) is 0.544. The molecule has 2 aliphatic heterocycles. The van der Waals surface area contributed by atoms with Gasteiger partial charge in [-0.25, -0.2) is 0 Å². The molecule has 0 bridgehead atoms. The summed E-state index contributed by atoms with van der Waals surface area (Å²) in [7, 11) is 0. The van der Waals surface area contributed by atoms with Gasteiger partial charge in [0, 0.05) is 17.8 Å². The van der Waals surface area contributed by atoms with E-state index in [4.69, 9.17) is 0 Å². The molecule has 0 atom stereocenters. The number of rotatable bonds is 0. The van der Waals surface area contributed by atoms with Gasteiger partial charge in [0.2, 0.25) is 0 Å². The summed E-state index contributed by atoms with van der Waals surface area (Å²) in [6.45, 7) is 0. The molecule has 0 amide bonds. The zero-order valence-corrected chi connectivity index (χ0v) is 5.56. The zero-order chi connectivity index (χ0) is 6.10. The molecule has 9 heavy (non-hydrogen) atoms. The Morgan fingerprint density at radius 1 is 1.56 bits per heavy atom. The van der Waals surface area contributed by atoms with Gasteiger partial charge in [0.15, 0.2) is 0 Å². The van der Waals surface area contributed by atoms with E-state index in [0.717, 1.165) is 0 Å². The van der Waals surface area contributed by atoms with Gasteiger partial charge in [-0.2, -0.15) is 0 Å². The van der Waals surface area contributed by atoms with Crippen LogP contribution in [-0.4, -0.2) is 5.01 Å². The third-order valence-corrected chi connectivity index (χ3v) is 1.88. The van der Waals surface area contributed by atoms with Crippen molar-refractivity contribution in [3.8, 4) is 0 Å². The highest BCUT2D eigenvalue weighted by Gasteiger charge is 2.08. The van der Waals surface area contributed by atoms with Crippen LogP contribution >= 0.6 is 11.8 Å². The lowest BCUT2D eigenvalue weighted by atomic mass is 10.5. The molecule has 0 fully saturated rings. The molecule has 0 unspecified atom stereocenters. The van der Waals surface area contributed by atoms with E-state index in [1.165, 1.54) is 5.70 Å². The minimum absolute atomic E-state index is 1.21. The smallest absolute Gasteiger partial charge is 0.0704 e. The van der Waals surface area contributed by atoms with Crippen LogP contribution in [0.4, 0.5) is 0 Å². The molecule has 0 saturated heterocycles. The second-order valence-electron chi connectivity index (χ2n) is 1.80. The summed E-state index contributed by atoms with van der Waals surface area (Å²) in [5, 5.41) is 6.09. The molecule has 1 N–H and O–H groups in total. The molecule has 0 aromatic rings. The van der Waals surface area contributed by atoms with E-state index in [2.05, 4.69) is 10.8 Å². The van der Waals surface area contributed by atoms with Crippen LogP contribution in [0.5, 0.6) is 0 Å². The van der Waals surface area contributed by atoms with Crippen LogP contribution in [0.2, 0.25) is 0 Å². The second kappa shape index (κ2) is 1.84. The SMILES string of the molecule is C1=CC2=CSC=CN2N1. The van der Waals surface area contributed by atoms with E-state index >= 15 is 0 Å². The van der Waals surface area contributed by atoms with E-state index in [9.17, 15) is 0 Å². The van der Waals surface area contributed by atoms with Gasteiger partial charge in [-0.3, -0.25) is 5.01 Å². The summed E-state index contributed by atoms with van der Waals surface area (Å²) in [6.07, 6.45) is 5.96. The van der Waals surface area contributed by atoms with Gasteiger partial charge in [0.25, 0.3) is 0 Å². The third-order valence-electron chi connectivity index (χ3n) is 1.22. The standard InChI is InChI=1S/C6H6N2S/c1-2-7-8-3-4-9-5-6(1)8/h1-5,7H. The molecule has 0 aliphatic carbocycles. The molecular formula is C6H6N2S. The number of nitrogens with zero attached hydrogens (tertiary/aromatic N) is 1. The van der Waals surface area contributed by atoms with Crippen LogP contribution in [0.15, 0.2) is 35.0 Å². The van der Waals surface area contributed by atoms with E-state index in [-0.39, 0.29) is 0 Å². The lowest BCUT2D eigenvalue weighted by molar-refractivity contribution is 0.432. The maximum atomic E-state index is 3.04. The predicted octanol–water partition coefficient (Wildman–Crippen LogP) is 1.38. The minimum atomic E-state index is 1.21. The number of thioether (sulfide) groups is 1. The van der Waals surface area contributed by atoms with Crippen LogP contribution in [0.25, 0.3) is 0 Å². The first-order valence-corrected chi connectivity index (χ1v) is 3.65. The number of allylic oxidation sites excluding steroid dienone is 1. The van der Waals surface area contributed by atoms with E-state index in [0.29, 0.717) is 0 Å². The molecule has 2 nitrogen and oxygen atoms in total. The van der Waals surface area contributed by atoms with Crippen LogP contribution in [-0.2, 0) is 0 Å². The maximum Gasteiger partial charge on any atom is 0.0704 e. The van der Waals surface area contributed by atoms with Crippen molar-refractivity contribution < 1.29 is 0 Å². The van der Waals surface area contributed by atoms with Crippen molar-refractivity contribution >= 4 is 11.8 Å². The van der Waals surface area contributed by atoms with Gasteiger partial charge in [0.05, 0.1) is 5.70 Å². The Bertz CT molecular complexity index is 205. The van der Waals surface area contributed by atoms with Crippen LogP contribution in [0, 0.1) is 0 Å². The van der Waals surface area contributed by atoms with Gasteiger partial charge in [-0.05, 0) is 11.5 Å². The molecule has 2 aliphatic rings. The molecule has 2 heterocycles. The number of fused-ring (bicyclic) bond motifs is 1. The highest BCUT2D eigenvalue weighted by molar-refractivity contribution is 8.04. The van der Waals surface area contributed by atoms with Crippen LogP contribution < -0.4 is 5.43 Å². The Labute approximate surface area is 57.9 Å². The Balaban J connectivity index is 2.29. The van der Waals surface area contributed by atoms with Gasteiger partial charge < -0.3 is 5.43 Å². The largest absolute Gasteiger partial charge is 0.302 e. The average Bonchev–Trinajstić information content (AvgIpc) is 2.33. The molecule has 0 aromatic heterocycles. The summed E-state index contributed by atoms with van der Waals surface area (Å²) in [5.41, 5.74) is 4.25. The zero-order valence-electron chi connectivity index (χ0n) is 4.74. The van der Waals surface area contributed by atoms with Crippen molar-refractivity contribution in [1.82, 2.24) is 10.4 Å². The number of hydrogen-bond acceptors (Lipinski definition) is 3. The lowest BCUT2D eigenvalue weighted by Crippen LogP contribution is -2.22. The van der Waals surface area contributed by atoms with Crippen molar-refractivity contribution in [1.29, 1.82) is 0 Å². The summed E-state index contributed by atoms with van der Waals surface area (Å²) >= 11 is 1.70. The van der Waals surface area contributed by atoms with E-state index < -0.39 is 0 Å². The summed E-state index contributed by atoms with van der Waals surface area (Å²) in [6, 6.07) is 0. The van der Waals surface area contributed by atoms with Crippen molar-refractivity contribution in [2.75, 3.05) is 0 Å². The lowest BCUT2D eigenvalue weighted by Gasteiger charge is -2.16. The van der Waals surface area contributed by atoms with Gasteiger partial charge in [0.1, 0.15) is 0 Å². The topological polar surface area (TPSA) is 15.3 Å². The van der Waals surface area contributed by atoms with Gasteiger partial charge in [-0.15, -0.1) is 11.8 Å². The van der Waals surface area contributed by atoms with E-state index in [1.54, 1.807) is 11.8 Å². The fraction of sp³-hybridized carbons (Fsp3) is 0. The Morgan fingerprint density at radius 3 is 3.44 bits per heavy atom. The number of hydrazine groups is 1. The molecule has 0 radical (unpaired) electrons. The molecule has 46 valence electrons. The number of hydrogen-bond donors (Lipinski definition) is 1. The van der Waals surface area contributed by atoms with Crippen LogP contribution in [0.3, 0.4) is 0 Å². The Hall–Kier alpha value is -0.830. The molecular weight excluding hydrogens is 132 g/mol. The van der Waals surface area contributed by atoms with Crippen molar-refractivity contribution in [3.63, 3.8) is 0 Å². The highest BCUT2D eigenvalue weighted by Crippen LogP contribution is 2.21. The highest BCUT2D eigenvalue weighted by atomic mass is 32.2. The fourth-order valence-electron chi connectivity index (χ4n) is 0.788. The Kier molecular flexibility index (Phi) is 1.02.